The van der Waals surface area contributed by atoms with Gasteiger partial charge in [-0.15, -0.1) is 11.3 Å². The van der Waals surface area contributed by atoms with E-state index < -0.39 is 0 Å². The van der Waals surface area contributed by atoms with Gasteiger partial charge in [-0.1, -0.05) is 65.7 Å². The molecular weight excluding hydrogens is 397 g/mol. The average molecular weight is 412 g/mol. The molecule has 0 aliphatic heterocycles. The van der Waals surface area contributed by atoms with Gasteiger partial charge >= 0.3 is 0 Å². The lowest BCUT2D eigenvalue weighted by molar-refractivity contribution is 0.416. The van der Waals surface area contributed by atoms with Crippen molar-refractivity contribution < 1.29 is 4.74 Å². The van der Waals surface area contributed by atoms with Crippen LogP contribution in [0.25, 0.3) is 33.0 Å². The number of para-hydroxylation sites is 1. The third-order valence-corrected chi connectivity index (χ3v) is 5.88. The summed E-state index contributed by atoms with van der Waals surface area (Å²) in [7, 11) is 1.69. The Morgan fingerprint density at radius 1 is 0.815 bits per heavy atom. The maximum Gasteiger partial charge on any atom is 0.126 e. The van der Waals surface area contributed by atoms with Crippen molar-refractivity contribution >= 4 is 34.5 Å². The highest BCUT2D eigenvalue weighted by molar-refractivity contribution is 7.13. The van der Waals surface area contributed by atoms with E-state index in [1.54, 1.807) is 24.5 Å². The van der Waals surface area contributed by atoms with Gasteiger partial charge in [0.1, 0.15) is 10.8 Å². The number of rotatable bonds is 4. The highest BCUT2D eigenvalue weighted by Crippen LogP contribution is 2.35. The van der Waals surface area contributed by atoms with Gasteiger partial charge in [-0.05, 0) is 29.8 Å². The maximum absolute atomic E-state index is 6.14. The van der Waals surface area contributed by atoms with Crippen LogP contribution in [0.5, 0.6) is 5.75 Å². The van der Waals surface area contributed by atoms with Crippen LogP contribution in [0.3, 0.4) is 0 Å². The number of hydrogen-bond donors (Lipinski definition) is 0. The number of thiazole rings is 1. The van der Waals surface area contributed by atoms with Crippen LogP contribution in [-0.4, -0.2) is 12.1 Å². The van der Waals surface area contributed by atoms with E-state index in [9.17, 15) is 0 Å². The number of ether oxygens (including phenoxy) is 1. The summed E-state index contributed by atoms with van der Waals surface area (Å²) in [5.41, 5.74) is 5.05. The first-order chi connectivity index (χ1) is 13.2. The summed E-state index contributed by atoms with van der Waals surface area (Å²) >= 11 is 13.7. The molecule has 0 fully saturated rings. The summed E-state index contributed by atoms with van der Waals surface area (Å²) in [5, 5.41) is 4.06. The predicted octanol–water partition coefficient (Wildman–Crippen LogP) is 7.46. The van der Waals surface area contributed by atoms with Crippen LogP contribution in [0, 0.1) is 0 Å². The molecule has 0 saturated carbocycles. The quantitative estimate of drug-likeness (QED) is 0.347. The second kappa shape index (κ2) is 7.73. The topological polar surface area (TPSA) is 22.1 Å². The molecule has 0 saturated heterocycles. The summed E-state index contributed by atoms with van der Waals surface area (Å²) in [6, 6.07) is 21.9. The molecule has 5 heteroatoms. The summed E-state index contributed by atoms with van der Waals surface area (Å²) in [5.74, 6) is 0.852. The number of benzene rings is 3. The molecule has 0 spiro atoms. The molecule has 0 unspecified atom stereocenters. The van der Waals surface area contributed by atoms with Crippen LogP contribution >= 0.6 is 34.5 Å². The SMILES string of the molecule is COc1ccccc1-c1cccc(-c2nc(-c3ccc(Cl)c(Cl)c3)cs2)c1. The number of aromatic nitrogens is 1. The number of methoxy groups -OCH3 is 1. The summed E-state index contributed by atoms with van der Waals surface area (Å²) in [4.78, 5) is 4.78. The number of nitrogens with zero attached hydrogens (tertiary/aromatic N) is 1. The van der Waals surface area contributed by atoms with Crippen LogP contribution < -0.4 is 4.74 Å². The highest BCUT2D eigenvalue weighted by atomic mass is 35.5. The first-order valence-electron chi connectivity index (χ1n) is 8.30. The van der Waals surface area contributed by atoms with Gasteiger partial charge < -0.3 is 4.74 Å². The first-order valence-corrected chi connectivity index (χ1v) is 9.94. The molecular formula is C22H15Cl2NOS. The van der Waals surface area contributed by atoms with Crippen LogP contribution in [0.1, 0.15) is 0 Å². The Balaban J connectivity index is 1.71. The summed E-state index contributed by atoms with van der Waals surface area (Å²) in [6.45, 7) is 0. The maximum atomic E-state index is 6.14. The second-order valence-electron chi connectivity index (χ2n) is 5.95. The molecule has 4 aromatic rings. The van der Waals surface area contributed by atoms with E-state index in [1.165, 1.54) is 0 Å². The standard InChI is InChI=1S/C22H15Cl2NOS/c1-26-21-8-3-2-7-17(21)14-5-4-6-16(11-14)22-25-20(13-27-22)15-9-10-18(23)19(24)12-15/h2-13H,1H3. The van der Waals surface area contributed by atoms with Gasteiger partial charge in [-0.2, -0.15) is 0 Å². The van der Waals surface area contributed by atoms with Gasteiger partial charge in [0.2, 0.25) is 0 Å². The molecule has 0 bridgehead atoms. The van der Waals surface area contributed by atoms with E-state index in [-0.39, 0.29) is 0 Å². The largest absolute Gasteiger partial charge is 0.496 e. The zero-order valence-corrected chi connectivity index (χ0v) is 16.8. The Hall–Kier alpha value is -2.33. The Morgan fingerprint density at radius 3 is 2.44 bits per heavy atom. The molecule has 27 heavy (non-hydrogen) atoms. The van der Waals surface area contributed by atoms with Crippen molar-refractivity contribution in [2.45, 2.75) is 0 Å². The van der Waals surface area contributed by atoms with Crippen LogP contribution in [0.15, 0.2) is 72.1 Å². The molecule has 2 nitrogen and oxygen atoms in total. The van der Waals surface area contributed by atoms with E-state index in [1.807, 2.05) is 41.8 Å². The van der Waals surface area contributed by atoms with Crippen molar-refractivity contribution in [1.29, 1.82) is 0 Å². The number of halogens is 2. The zero-order valence-electron chi connectivity index (χ0n) is 14.4. The number of hydrogen-bond acceptors (Lipinski definition) is 3. The lowest BCUT2D eigenvalue weighted by Crippen LogP contribution is -1.88. The van der Waals surface area contributed by atoms with Gasteiger partial charge in [-0.25, -0.2) is 4.98 Å². The minimum absolute atomic E-state index is 0.530. The predicted molar refractivity (Wildman–Crippen MR) is 115 cm³/mol. The van der Waals surface area contributed by atoms with Crippen LogP contribution in [-0.2, 0) is 0 Å². The molecule has 0 amide bonds. The molecule has 0 atom stereocenters. The molecule has 134 valence electrons. The van der Waals surface area contributed by atoms with Gasteiger partial charge in [0.15, 0.2) is 0 Å². The van der Waals surface area contributed by atoms with E-state index in [0.29, 0.717) is 10.0 Å². The average Bonchev–Trinajstić information content (AvgIpc) is 3.20. The Morgan fingerprint density at radius 2 is 1.63 bits per heavy atom. The summed E-state index contributed by atoms with van der Waals surface area (Å²) in [6.07, 6.45) is 0. The zero-order chi connectivity index (χ0) is 18.8. The lowest BCUT2D eigenvalue weighted by atomic mass is 10.0. The van der Waals surface area contributed by atoms with E-state index in [2.05, 4.69) is 24.3 Å². The molecule has 4 rings (SSSR count). The van der Waals surface area contributed by atoms with Crippen molar-refractivity contribution in [2.75, 3.05) is 7.11 Å². The molecule has 0 aliphatic carbocycles. The Kier molecular flexibility index (Phi) is 5.17. The molecule has 0 aliphatic rings. The van der Waals surface area contributed by atoms with Crippen molar-refractivity contribution in [2.24, 2.45) is 0 Å². The second-order valence-corrected chi connectivity index (χ2v) is 7.62. The minimum atomic E-state index is 0.530. The van der Waals surface area contributed by atoms with Crippen LogP contribution in [0.2, 0.25) is 10.0 Å². The fourth-order valence-electron chi connectivity index (χ4n) is 2.90. The fourth-order valence-corrected chi connectivity index (χ4v) is 4.02. The first kappa shape index (κ1) is 18.1. The normalized spacial score (nSPS) is 10.8. The minimum Gasteiger partial charge on any atom is -0.496 e. The summed E-state index contributed by atoms with van der Waals surface area (Å²) < 4.78 is 5.49. The molecule has 0 N–H and O–H groups in total. The molecule has 1 aromatic heterocycles. The van der Waals surface area contributed by atoms with Crippen molar-refractivity contribution in [1.82, 2.24) is 4.98 Å². The van der Waals surface area contributed by atoms with Crippen LogP contribution in [0.4, 0.5) is 0 Å². The third-order valence-electron chi connectivity index (χ3n) is 4.25. The molecule has 1 heterocycles. The van der Waals surface area contributed by atoms with E-state index in [4.69, 9.17) is 32.9 Å². The van der Waals surface area contributed by atoms with Gasteiger partial charge in [0.25, 0.3) is 0 Å². The Labute approximate surface area is 172 Å². The van der Waals surface area contributed by atoms with Gasteiger partial charge in [0.05, 0.1) is 22.8 Å². The van der Waals surface area contributed by atoms with Gasteiger partial charge in [0, 0.05) is 22.1 Å². The van der Waals surface area contributed by atoms with E-state index in [0.717, 1.165) is 38.7 Å². The fraction of sp³-hybridized carbons (Fsp3) is 0.0455. The Bertz CT molecular complexity index is 1110. The lowest BCUT2D eigenvalue weighted by Gasteiger charge is -2.09. The van der Waals surface area contributed by atoms with Gasteiger partial charge in [-0.3, -0.25) is 0 Å². The molecule has 0 radical (unpaired) electrons. The third kappa shape index (κ3) is 3.72. The van der Waals surface area contributed by atoms with E-state index >= 15 is 0 Å². The monoisotopic (exact) mass is 411 g/mol. The van der Waals surface area contributed by atoms with Crippen molar-refractivity contribution in [3.8, 4) is 38.7 Å². The smallest absolute Gasteiger partial charge is 0.126 e. The van der Waals surface area contributed by atoms with Crippen molar-refractivity contribution in [3.63, 3.8) is 0 Å². The highest BCUT2D eigenvalue weighted by Gasteiger charge is 2.11. The van der Waals surface area contributed by atoms with Crippen molar-refractivity contribution in [3.05, 3.63) is 82.2 Å². The molecule has 3 aromatic carbocycles.